The first-order valence-corrected chi connectivity index (χ1v) is 7.22. The van der Waals surface area contributed by atoms with E-state index in [1.165, 1.54) is 12.1 Å². The van der Waals surface area contributed by atoms with Crippen LogP contribution in [0.25, 0.3) is 0 Å². The maximum Gasteiger partial charge on any atom is 0.156 e. The van der Waals surface area contributed by atoms with Crippen LogP contribution in [0.2, 0.25) is 5.02 Å². The van der Waals surface area contributed by atoms with Crippen LogP contribution >= 0.6 is 11.6 Å². The lowest BCUT2D eigenvalue weighted by atomic mass is 10.1. The molecule has 1 aromatic rings. The van der Waals surface area contributed by atoms with Gasteiger partial charge in [-0.1, -0.05) is 11.6 Å². The smallest absolute Gasteiger partial charge is 0.156 e. The average molecular weight is 280 g/mol. The standard InChI is InChI=1S/C11H15ClFNO2S/c1-11(2,14)7-17(15,16)6-8-5-9(13)3-4-10(8)12/h3-5H,6-7,14H2,1-2H3. The van der Waals surface area contributed by atoms with Crippen LogP contribution in [0.4, 0.5) is 4.39 Å². The molecule has 96 valence electrons. The number of halogens is 2. The molecule has 0 radical (unpaired) electrons. The van der Waals surface area contributed by atoms with E-state index in [4.69, 9.17) is 17.3 Å². The predicted molar refractivity (Wildman–Crippen MR) is 67.2 cm³/mol. The van der Waals surface area contributed by atoms with Crippen molar-refractivity contribution in [1.82, 2.24) is 0 Å². The molecule has 6 heteroatoms. The van der Waals surface area contributed by atoms with Crippen LogP contribution in [0, 0.1) is 5.82 Å². The second kappa shape index (κ2) is 4.92. The highest BCUT2D eigenvalue weighted by atomic mass is 35.5. The van der Waals surface area contributed by atoms with Gasteiger partial charge in [0.1, 0.15) is 5.82 Å². The molecule has 0 saturated heterocycles. The maximum atomic E-state index is 13.0. The Morgan fingerprint density at radius 2 is 2.00 bits per heavy atom. The lowest BCUT2D eigenvalue weighted by Gasteiger charge is -2.18. The Labute approximate surface area is 106 Å². The molecule has 0 aliphatic carbocycles. The minimum Gasteiger partial charge on any atom is -0.325 e. The number of hydrogen-bond acceptors (Lipinski definition) is 3. The van der Waals surface area contributed by atoms with Gasteiger partial charge in [-0.05, 0) is 37.6 Å². The highest BCUT2D eigenvalue weighted by Gasteiger charge is 2.23. The summed E-state index contributed by atoms with van der Waals surface area (Å²) in [5, 5.41) is 0.241. The van der Waals surface area contributed by atoms with Crippen LogP contribution in [0.1, 0.15) is 19.4 Å². The van der Waals surface area contributed by atoms with Crippen molar-refractivity contribution in [2.75, 3.05) is 5.75 Å². The molecule has 0 heterocycles. The second-order valence-corrected chi connectivity index (χ2v) is 7.23. The van der Waals surface area contributed by atoms with Crippen LogP contribution in [-0.4, -0.2) is 19.7 Å². The fourth-order valence-corrected chi connectivity index (χ4v) is 3.72. The first kappa shape index (κ1) is 14.4. The molecule has 0 aliphatic heterocycles. The molecular weight excluding hydrogens is 265 g/mol. The quantitative estimate of drug-likeness (QED) is 0.918. The van der Waals surface area contributed by atoms with Crippen molar-refractivity contribution in [2.24, 2.45) is 5.73 Å². The summed E-state index contributed by atoms with van der Waals surface area (Å²) >= 11 is 5.81. The normalized spacial score (nSPS) is 12.8. The van der Waals surface area contributed by atoms with Crippen molar-refractivity contribution in [3.8, 4) is 0 Å². The predicted octanol–water partition coefficient (Wildman–Crippen LogP) is 2.13. The van der Waals surface area contributed by atoms with Crippen molar-refractivity contribution in [3.05, 3.63) is 34.6 Å². The lowest BCUT2D eigenvalue weighted by Crippen LogP contribution is -2.40. The van der Waals surface area contributed by atoms with Gasteiger partial charge in [0.25, 0.3) is 0 Å². The van der Waals surface area contributed by atoms with Gasteiger partial charge in [-0.15, -0.1) is 0 Å². The number of rotatable bonds is 4. The Hall–Kier alpha value is -0.650. The van der Waals surface area contributed by atoms with E-state index in [0.717, 1.165) is 6.07 Å². The highest BCUT2D eigenvalue weighted by Crippen LogP contribution is 2.20. The van der Waals surface area contributed by atoms with Crippen molar-refractivity contribution in [3.63, 3.8) is 0 Å². The molecule has 1 rings (SSSR count). The Bertz CT molecular complexity index is 509. The molecule has 0 atom stereocenters. The van der Waals surface area contributed by atoms with E-state index in [-0.39, 0.29) is 22.1 Å². The molecule has 0 aromatic heterocycles. The Balaban J connectivity index is 2.94. The van der Waals surface area contributed by atoms with E-state index in [1.807, 2.05) is 0 Å². The van der Waals surface area contributed by atoms with Crippen molar-refractivity contribution in [1.29, 1.82) is 0 Å². The first-order chi connectivity index (χ1) is 7.59. The van der Waals surface area contributed by atoms with E-state index < -0.39 is 21.2 Å². The third kappa shape index (κ3) is 5.02. The number of hydrogen-bond donors (Lipinski definition) is 1. The fourth-order valence-electron chi connectivity index (χ4n) is 1.51. The van der Waals surface area contributed by atoms with Crippen LogP contribution in [0.15, 0.2) is 18.2 Å². The van der Waals surface area contributed by atoms with E-state index in [1.54, 1.807) is 13.8 Å². The summed E-state index contributed by atoms with van der Waals surface area (Å²) in [4.78, 5) is 0. The van der Waals surface area contributed by atoms with Gasteiger partial charge in [-0.2, -0.15) is 0 Å². The minimum atomic E-state index is -3.41. The fraction of sp³-hybridized carbons (Fsp3) is 0.455. The zero-order chi connectivity index (χ0) is 13.3. The molecule has 2 N–H and O–H groups in total. The molecule has 0 spiro atoms. The summed E-state index contributed by atoms with van der Waals surface area (Å²) in [6, 6.07) is 3.66. The van der Waals surface area contributed by atoms with Gasteiger partial charge in [-0.3, -0.25) is 0 Å². The molecule has 0 aliphatic rings. The highest BCUT2D eigenvalue weighted by molar-refractivity contribution is 7.90. The average Bonchev–Trinajstić information content (AvgIpc) is 2.06. The summed E-state index contributed by atoms with van der Waals surface area (Å²) in [6.07, 6.45) is 0. The maximum absolute atomic E-state index is 13.0. The van der Waals surface area contributed by atoms with Crippen LogP contribution < -0.4 is 5.73 Å². The molecular formula is C11H15ClFNO2S. The zero-order valence-electron chi connectivity index (χ0n) is 9.70. The summed E-state index contributed by atoms with van der Waals surface area (Å²) in [5.41, 5.74) is 5.10. The van der Waals surface area contributed by atoms with Crippen LogP contribution in [-0.2, 0) is 15.6 Å². The third-order valence-electron chi connectivity index (χ3n) is 1.98. The number of sulfone groups is 1. The Kier molecular flexibility index (Phi) is 4.17. The molecule has 0 saturated carbocycles. The Morgan fingerprint density at radius 1 is 1.41 bits per heavy atom. The van der Waals surface area contributed by atoms with E-state index in [2.05, 4.69) is 0 Å². The van der Waals surface area contributed by atoms with E-state index in [0.29, 0.717) is 0 Å². The minimum absolute atomic E-state index is 0.174. The van der Waals surface area contributed by atoms with Gasteiger partial charge in [0.15, 0.2) is 9.84 Å². The van der Waals surface area contributed by atoms with Gasteiger partial charge in [0.05, 0.1) is 11.5 Å². The van der Waals surface area contributed by atoms with Gasteiger partial charge in [0, 0.05) is 10.6 Å². The monoisotopic (exact) mass is 279 g/mol. The van der Waals surface area contributed by atoms with Gasteiger partial charge < -0.3 is 5.73 Å². The van der Waals surface area contributed by atoms with Crippen molar-refractivity contribution < 1.29 is 12.8 Å². The number of nitrogens with two attached hydrogens (primary N) is 1. The van der Waals surface area contributed by atoms with E-state index >= 15 is 0 Å². The van der Waals surface area contributed by atoms with Crippen molar-refractivity contribution in [2.45, 2.75) is 25.1 Å². The van der Waals surface area contributed by atoms with E-state index in [9.17, 15) is 12.8 Å². The summed E-state index contributed by atoms with van der Waals surface area (Å²) in [7, 11) is -3.41. The number of benzene rings is 1. The van der Waals surface area contributed by atoms with Gasteiger partial charge in [0.2, 0.25) is 0 Å². The first-order valence-electron chi connectivity index (χ1n) is 5.02. The molecule has 0 amide bonds. The summed E-state index contributed by atoms with van der Waals surface area (Å²) < 4.78 is 36.6. The molecule has 1 aromatic carbocycles. The Morgan fingerprint density at radius 3 is 2.53 bits per heavy atom. The second-order valence-electron chi connectivity index (χ2n) is 4.76. The molecule has 0 fully saturated rings. The SMILES string of the molecule is CC(C)(N)CS(=O)(=O)Cc1cc(F)ccc1Cl. The van der Waals surface area contributed by atoms with Crippen LogP contribution in [0.5, 0.6) is 0 Å². The molecule has 3 nitrogen and oxygen atoms in total. The summed E-state index contributed by atoms with van der Waals surface area (Å²) in [5.74, 6) is -0.983. The summed E-state index contributed by atoms with van der Waals surface area (Å²) in [6.45, 7) is 3.25. The lowest BCUT2D eigenvalue weighted by molar-refractivity contribution is 0.544. The molecule has 0 bridgehead atoms. The third-order valence-corrected chi connectivity index (χ3v) is 4.28. The van der Waals surface area contributed by atoms with Gasteiger partial charge >= 0.3 is 0 Å². The largest absolute Gasteiger partial charge is 0.325 e. The molecule has 0 unspecified atom stereocenters. The van der Waals surface area contributed by atoms with Gasteiger partial charge in [-0.25, -0.2) is 12.8 Å². The zero-order valence-corrected chi connectivity index (χ0v) is 11.3. The molecule has 17 heavy (non-hydrogen) atoms. The topological polar surface area (TPSA) is 60.2 Å². The van der Waals surface area contributed by atoms with Crippen LogP contribution in [0.3, 0.4) is 0 Å². The van der Waals surface area contributed by atoms with Crippen molar-refractivity contribution >= 4 is 21.4 Å².